The molecule has 26 heavy (non-hydrogen) atoms. The molecular weight excluding hydrogens is 333 g/mol. The van der Waals surface area contributed by atoms with E-state index in [1.54, 1.807) is 23.1 Å². The van der Waals surface area contributed by atoms with Gasteiger partial charge in [-0.15, -0.1) is 10.2 Å². The van der Waals surface area contributed by atoms with Gasteiger partial charge in [-0.3, -0.25) is 0 Å². The van der Waals surface area contributed by atoms with Crippen molar-refractivity contribution >= 4 is 11.7 Å². The number of likely N-dealkylation sites (tertiary alicyclic amines) is 1. The average molecular weight is 357 g/mol. The number of fused-ring (bicyclic) bond motifs is 1. The number of piperidine rings is 1. The van der Waals surface area contributed by atoms with Crippen molar-refractivity contribution in [3.05, 3.63) is 41.7 Å². The highest BCUT2D eigenvalue weighted by Crippen LogP contribution is 2.28. The van der Waals surface area contributed by atoms with Gasteiger partial charge in [0.25, 0.3) is 0 Å². The van der Waals surface area contributed by atoms with E-state index in [0.29, 0.717) is 13.1 Å². The maximum absolute atomic E-state index is 13.8. The van der Waals surface area contributed by atoms with E-state index in [-0.39, 0.29) is 17.6 Å². The molecule has 7 heteroatoms. The summed E-state index contributed by atoms with van der Waals surface area (Å²) >= 11 is 0. The Morgan fingerprint density at radius 1 is 1.12 bits per heavy atom. The number of para-hydroxylation sites is 1. The number of hydrogen-bond donors (Lipinski definition) is 1. The number of halogens is 1. The lowest BCUT2D eigenvalue weighted by atomic mass is 9.97. The molecule has 2 aromatic rings. The zero-order chi connectivity index (χ0) is 17.9. The van der Waals surface area contributed by atoms with Crippen LogP contribution in [0.4, 0.5) is 14.9 Å². The van der Waals surface area contributed by atoms with Gasteiger partial charge in [0.2, 0.25) is 0 Å². The second-order valence-corrected chi connectivity index (χ2v) is 7.13. The molecule has 1 unspecified atom stereocenters. The third-order valence-corrected chi connectivity index (χ3v) is 5.33. The summed E-state index contributed by atoms with van der Waals surface area (Å²) in [7, 11) is 0. The zero-order valence-electron chi connectivity index (χ0n) is 14.8. The first-order valence-electron chi connectivity index (χ1n) is 9.45. The Kier molecular flexibility index (Phi) is 4.86. The number of nitrogens with zero attached hydrogens (tertiary/aromatic N) is 4. The van der Waals surface area contributed by atoms with E-state index in [4.69, 9.17) is 0 Å². The maximum Gasteiger partial charge on any atom is 0.321 e. The van der Waals surface area contributed by atoms with Gasteiger partial charge in [0, 0.05) is 32.0 Å². The van der Waals surface area contributed by atoms with Crippen LogP contribution < -0.4 is 5.32 Å². The minimum Gasteiger partial charge on any atom is -0.324 e. The Balaban J connectivity index is 1.47. The SMILES string of the molecule is O=C(Nc1ccccc1F)N1CCCC(c2nnc3n2CCCCC3)C1. The summed E-state index contributed by atoms with van der Waals surface area (Å²) in [5.74, 6) is 1.85. The summed E-state index contributed by atoms with van der Waals surface area (Å²) in [6.45, 7) is 2.24. The van der Waals surface area contributed by atoms with Crippen LogP contribution in [-0.2, 0) is 13.0 Å². The first kappa shape index (κ1) is 17.0. The fraction of sp³-hybridized carbons (Fsp3) is 0.526. The highest BCUT2D eigenvalue weighted by molar-refractivity contribution is 5.89. The Hall–Kier alpha value is -2.44. The highest BCUT2D eigenvalue weighted by Gasteiger charge is 2.29. The summed E-state index contributed by atoms with van der Waals surface area (Å²) in [5.41, 5.74) is 0.218. The summed E-state index contributed by atoms with van der Waals surface area (Å²) < 4.78 is 16.0. The monoisotopic (exact) mass is 357 g/mol. The van der Waals surface area contributed by atoms with E-state index in [1.807, 2.05) is 0 Å². The largest absolute Gasteiger partial charge is 0.324 e. The van der Waals surface area contributed by atoms with Crippen LogP contribution in [0.2, 0.25) is 0 Å². The Morgan fingerprint density at radius 2 is 2.00 bits per heavy atom. The number of carbonyl (C=O) groups excluding carboxylic acids is 1. The fourth-order valence-electron chi connectivity index (χ4n) is 3.94. The standard InChI is InChI=1S/C19H24FN5O/c20-15-8-3-4-9-16(15)21-19(26)24-11-6-7-14(13-24)18-23-22-17-10-2-1-5-12-25(17)18/h3-4,8-9,14H,1-2,5-7,10-13H2,(H,21,26). The molecule has 0 saturated carbocycles. The molecule has 6 nitrogen and oxygen atoms in total. The highest BCUT2D eigenvalue weighted by atomic mass is 19.1. The molecule has 3 heterocycles. The van der Waals surface area contributed by atoms with E-state index in [0.717, 1.165) is 43.9 Å². The van der Waals surface area contributed by atoms with Gasteiger partial charge in [0.05, 0.1) is 5.69 Å². The Morgan fingerprint density at radius 3 is 2.88 bits per heavy atom. The lowest BCUT2D eigenvalue weighted by Crippen LogP contribution is -2.42. The van der Waals surface area contributed by atoms with Gasteiger partial charge in [-0.05, 0) is 37.8 Å². The number of anilines is 1. The van der Waals surface area contributed by atoms with E-state index >= 15 is 0 Å². The minimum atomic E-state index is -0.419. The van der Waals surface area contributed by atoms with E-state index < -0.39 is 5.82 Å². The molecule has 1 fully saturated rings. The first-order valence-corrected chi connectivity index (χ1v) is 9.45. The molecule has 1 aromatic carbocycles. The number of aromatic nitrogens is 3. The molecule has 1 saturated heterocycles. The predicted octanol–water partition coefficient (Wildman–Crippen LogP) is 3.56. The predicted molar refractivity (Wildman–Crippen MR) is 96.5 cm³/mol. The molecule has 1 atom stereocenters. The van der Waals surface area contributed by atoms with Gasteiger partial charge in [0.15, 0.2) is 0 Å². The Bertz CT molecular complexity index is 790. The number of urea groups is 1. The molecular formula is C19H24FN5O. The van der Waals surface area contributed by atoms with Crippen molar-refractivity contribution in [3.8, 4) is 0 Å². The molecule has 4 rings (SSSR count). The van der Waals surface area contributed by atoms with Crippen molar-refractivity contribution in [2.24, 2.45) is 0 Å². The third kappa shape index (κ3) is 3.43. The van der Waals surface area contributed by atoms with Crippen LogP contribution >= 0.6 is 0 Å². The molecule has 1 N–H and O–H groups in total. The van der Waals surface area contributed by atoms with Crippen molar-refractivity contribution in [2.45, 2.75) is 51.0 Å². The number of rotatable bonds is 2. The summed E-state index contributed by atoms with van der Waals surface area (Å²) in [6.07, 6.45) is 6.45. The zero-order valence-corrected chi connectivity index (χ0v) is 14.8. The number of benzene rings is 1. The summed E-state index contributed by atoms with van der Waals surface area (Å²) in [4.78, 5) is 14.3. The molecule has 2 aliphatic rings. The average Bonchev–Trinajstić information content (AvgIpc) is 2.92. The quantitative estimate of drug-likeness (QED) is 0.894. The summed E-state index contributed by atoms with van der Waals surface area (Å²) in [6, 6.07) is 5.99. The lowest BCUT2D eigenvalue weighted by molar-refractivity contribution is 0.190. The molecule has 1 aromatic heterocycles. The van der Waals surface area contributed by atoms with Crippen LogP contribution in [0.1, 0.15) is 49.7 Å². The van der Waals surface area contributed by atoms with Gasteiger partial charge in [0.1, 0.15) is 17.5 Å². The maximum atomic E-state index is 13.8. The third-order valence-electron chi connectivity index (χ3n) is 5.33. The van der Waals surface area contributed by atoms with Crippen LogP contribution in [0.5, 0.6) is 0 Å². The summed E-state index contributed by atoms with van der Waals surface area (Å²) in [5, 5.41) is 11.5. The van der Waals surface area contributed by atoms with Gasteiger partial charge in [-0.1, -0.05) is 18.6 Å². The Labute approximate surface area is 152 Å². The van der Waals surface area contributed by atoms with Crippen LogP contribution in [-0.4, -0.2) is 38.8 Å². The minimum absolute atomic E-state index is 0.189. The van der Waals surface area contributed by atoms with Crippen LogP contribution in [0.25, 0.3) is 0 Å². The number of hydrogen-bond acceptors (Lipinski definition) is 3. The molecule has 138 valence electrons. The van der Waals surface area contributed by atoms with Gasteiger partial charge in [-0.2, -0.15) is 0 Å². The second-order valence-electron chi connectivity index (χ2n) is 7.13. The normalized spacial score (nSPS) is 20.3. The molecule has 0 radical (unpaired) electrons. The van der Waals surface area contributed by atoms with E-state index in [1.165, 1.54) is 18.9 Å². The second kappa shape index (κ2) is 7.43. The fourth-order valence-corrected chi connectivity index (χ4v) is 3.94. The van der Waals surface area contributed by atoms with Crippen molar-refractivity contribution in [1.29, 1.82) is 0 Å². The van der Waals surface area contributed by atoms with E-state index in [9.17, 15) is 9.18 Å². The van der Waals surface area contributed by atoms with Gasteiger partial charge >= 0.3 is 6.03 Å². The van der Waals surface area contributed by atoms with Crippen LogP contribution in [0.3, 0.4) is 0 Å². The number of nitrogens with one attached hydrogen (secondary N) is 1. The number of aryl methyl sites for hydroxylation is 1. The first-order chi connectivity index (χ1) is 12.7. The van der Waals surface area contributed by atoms with Crippen LogP contribution in [0.15, 0.2) is 24.3 Å². The topological polar surface area (TPSA) is 63.1 Å². The van der Waals surface area contributed by atoms with Crippen molar-refractivity contribution in [3.63, 3.8) is 0 Å². The van der Waals surface area contributed by atoms with E-state index in [2.05, 4.69) is 20.1 Å². The molecule has 2 aliphatic heterocycles. The molecule has 0 spiro atoms. The number of amides is 2. The van der Waals surface area contributed by atoms with Crippen LogP contribution in [0, 0.1) is 5.82 Å². The lowest BCUT2D eigenvalue weighted by Gasteiger charge is -2.32. The van der Waals surface area contributed by atoms with Crippen molar-refractivity contribution in [2.75, 3.05) is 18.4 Å². The molecule has 0 bridgehead atoms. The molecule has 0 aliphatic carbocycles. The molecule has 2 amide bonds. The van der Waals surface area contributed by atoms with Gasteiger partial charge < -0.3 is 14.8 Å². The smallest absolute Gasteiger partial charge is 0.321 e. The van der Waals surface area contributed by atoms with Crippen molar-refractivity contribution in [1.82, 2.24) is 19.7 Å². The number of carbonyl (C=O) groups is 1. The van der Waals surface area contributed by atoms with Crippen molar-refractivity contribution < 1.29 is 9.18 Å². The van der Waals surface area contributed by atoms with Gasteiger partial charge in [-0.25, -0.2) is 9.18 Å².